The van der Waals surface area contributed by atoms with Crippen molar-refractivity contribution in [2.45, 2.75) is 0 Å². The highest BCUT2D eigenvalue weighted by atomic mass is 35.5. The molecule has 0 fully saturated rings. The summed E-state index contributed by atoms with van der Waals surface area (Å²) in [6.45, 7) is 0. The molecule has 0 aliphatic rings. The minimum Gasteiger partial charge on any atom is -0.398 e. The maximum Gasteiger partial charge on any atom is 0.176 e. The van der Waals surface area contributed by atoms with Gasteiger partial charge in [0.15, 0.2) is 5.76 Å². The lowest BCUT2D eigenvalue weighted by Crippen LogP contribution is -1.88. The van der Waals surface area contributed by atoms with Crippen LogP contribution in [-0.4, -0.2) is 5.16 Å². The average molecular weight is 245 g/mol. The largest absolute Gasteiger partial charge is 0.398 e. The Morgan fingerprint density at radius 2 is 1.94 bits per heavy atom. The topological polar surface area (TPSA) is 52.0 Å². The molecule has 3 nitrogen and oxygen atoms in total. The van der Waals surface area contributed by atoms with Gasteiger partial charge in [0.1, 0.15) is 5.52 Å². The molecule has 0 radical (unpaired) electrons. The SMILES string of the molecule is Nc1ccccc1-c1onc2cc(Cl)ccc12. The van der Waals surface area contributed by atoms with Crippen LogP contribution in [0.25, 0.3) is 22.2 Å². The number of para-hydroxylation sites is 1. The van der Waals surface area contributed by atoms with Gasteiger partial charge in [-0.15, -0.1) is 0 Å². The number of hydrogen-bond acceptors (Lipinski definition) is 3. The van der Waals surface area contributed by atoms with Gasteiger partial charge in [-0.2, -0.15) is 0 Å². The first-order valence-electron chi connectivity index (χ1n) is 5.15. The first-order chi connectivity index (χ1) is 8.25. The Hall–Kier alpha value is -2.00. The number of aromatic nitrogens is 1. The van der Waals surface area contributed by atoms with E-state index < -0.39 is 0 Å². The molecule has 2 N–H and O–H groups in total. The fraction of sp³-hybridized carbons (Fsp3) is 0. The van der Waals surface area contributed by atoms with E-state index in [0.29, 0.717) is 16.5 Å². The van der Waals surface area contributed by atoms with E-state index in [9.17, 15) is 0 Å². The first-order valence-corrected chi connectivity index (χ1v) is 5.53. The molecule has 0 aliphatic carbocycles. The zero-order valence-electron chi connectivity index (χ0n) is 8.85. The van der Waals surface area contributed by atoms with Crippen LogP contribution >= 0.6 is 11.6 Å². The van der Waals surface area contributed by atoms with E-state index in [-0.39, 0.29) is 0 Å². The van der Waals surface area contributed by atoms with Crippen LogP contribution in [0.3, 0.4) is 0 Å². The number of anilines is 1. The van der Waals surface area contributed by atoms with Crippen LogP contribution in [0, 0.1) is 0 Å². The van der Waals surface area contributed by atoms with Gasteiger partial charge >= 0.3 is 0 Å². The fourth-order valence-corrected chi connectivity index (χ4v) is 1.98. The van der Waals surface area contributed by atoms with Crippen molar-refractivity contribution in [3.05, 3.63) is 47.5 Å². The molecule has 0 saturated carbocycles. The van der Waals surface area contributed by atoms with Crippen molar-refractivity contribution in [1.82, 2.24) is 5.16 Å². The average Bonchev–Trinajstić information content (AvgIpc) is 2.72. The van der Waals surface area contributed by atoms with Gasteiger partial charge in [0.2, 0.25) is 0 Å². The summed E-state index contributed by atoms with van der Waals surface area (Å²) in [4.78, 5) is 0. The Labute approximate surface area is 103 Å². The third kappa shape index (κ3) is 1.65. The minimum atomic E-state index is 0.637. The monoisotopic (exact) mass is 244 g/mol. The van der Waals surface area contributed by atoms with Gasteiger partial charge < -0.3 is 10.3 Å². The molecule has 0 atom stereocenters. The maximum absolute atomic E-state index is 5.92. The summed E-state index contributed by atoms with van der Waals surface area (Å²) in [7, 11) is 0. The smallest absolute Gasteiger partial charge is 0.176 e. The zero-order valence-corrected chi connectivity index (χ0v) is 9.61. The van der Waals surface area contributed by atoms with Crippen LogP contribution in [-0.2, 0) is 0 Å². The van der Waals surface area contributed by atoms with Gasteiger partial charge in [0.25, 0.3) is 0 Å². The molecule has 0 unspecified atom stereocenters. The van der Waals surface area contributed by atoms with E-state index in [4.69, 9.17) is 21.9 Å². The van der Waals surface area contributed by atoms with Crippen LogP contribution in [0.15, 0.2) is 47.0 Å². The Bertz CT molecular complexity index is 691. The summed E-state index contributed by atoms with van der Waals surface area (Å²) in [5.41, 5.74) is 8.16. The third-order valence-electron chi connectivity index (χ3n) is 2.65. The molecule has 1 aromatic heterocycles. The molecule has 0 amide bonds. The molecule has 1 heterocycles. The Kier molecular flexibility index (Phi) is 2.27. The van der Waals surface area contributed by atoms with E-state index in [1.165, 1.54) is 0 Å². The molecule has 17 heavy (non-hydrogen) atoms. The molecule has 2 aromatic carbocycles. The molecule has 4 heteroatoms. The van der Waals surface area contributed by atoms with E-state index >= 15 is 0 Å². The highest BCUT2D eigenvalue weighted by Gasteiger charge is 2.12. The quantitative estimate of drug-likeness (QED) is 0.664. The summed E-state index contributed by atoms with van der Waals surface area (Å²) < 4.78 is 5.35. The van der Waals surface area contributed by atoms with Crippen molar-refractivity contribution < 1.29 is 4.52 Å². The number of hydrogen-bond donors (Lipinski definition) is 1. The number of halogens is 1. The van der Waals surface area contributed by atoms with Crippen molar-refractivity contribution in [2.75, 3.05) is 5.73 Å². The molecule has 84 valence electrons. The minimum absolute atomic E-state index is 0.637. The van der Waals surface area contributed by atoms with Gasteiger partial charge in [-0.3, -0.25) is 0 Å². The lowest BCUT2D eigenvalue weighted by Gasteiger charge is -2.00. The Morgan fingerprint density at radius 1 is 1.12 bits per heavy atom. The second-order valence-corrected chi connectivity index (χ2v) is 4.20. The lowest BCUT2D eigenvalue weighted by atomic mass is 10.1. The third-order valence-corrected chi connectivity index (χ3v) is 2.88. The first kappa shape index (κ1) is 10.2. The molecule has 0 spiro atoms. The van der Waals surface area contributed by atoms with Gasteiger partial charge in [-0.1, -0.05) is 28.9 Å². The number of nitrogen functional groups attached to an aromatic ring is 1. The molecule has 0 bridgehead atoms. The Balaban J connectivity index is 2.29. The van der Waals surface area contributed by atoms with Gasteiger partial charge in [0, 0.05) is 21.7 Å². The predicted octanol–water partition coefficient (Wildman–Crippen LogP) is 3.73. The van der Waals surface area contributed by atoms with Crippen LogP contribution in [0.5, 0.6) is 0 Å². The number of nitrogens with zero attached hydrogens (tertiary/aromatic N) is 1. The maximum atomic E-state index is 5.92. The number of nitrogens with two attached hydrogens (primary N) is 1. The number of fused-ring (bicyclic) bond motifs is 1. The van der Waals surface area contributed by atoms with Crippen molar-refractivity contribution in [3.63, 3.8) is 0 Å². The van der Waals surface area contributed by atoms with Crippen molar-refractivity contribution >= 4 is 28.2 Å². The van der Waals surface area contributed by atoms with Crippen LogP contribution in [0.2, 0.25) is 5.02 Å². The van der Waals surface area contributed by atoms with Crippen molar-refractivity contribution in [3.8, 4) is 11.3 Å². The molecule has 3 rings (SSSR count). The van der Waals surface area contributed by atoms with E-state index in [0.717, 1.165) is 16.5 Å². The van der Waals surface area contributed by atoms with Crippen LogP contribution in [0.1, 0.15) is 0 Å². The van der Waals surface area contributed by atoms with Crippen molar-refractivity contribution in [2.24, 2.45) is 0 Å². The summed E-state index contributed by atoms with van der Waals surface area (Å²) >= 11 is 5.90. The predicted molar refractivity (Wildman–Crippen MR) is 68.9 cm³/mol. The van der Waals surface area contributed by atoms with Gasteiger partial charge in [-0.25, -0.2) is 0 Å². The second-order valence-electron chi connectivity index (χ2n) is 3.76. The number of rotatable bonds is 1. The summed E-state index contributed by atoms with van der Waals surface area (Å²) in [6, 6.07) is 13.0. The normalized spacial score (nSPS) is 10.9. The fourth-order valence-electron chi connectivity index (χ4n) is 1.81. The zero-order chi connectivity index (χ0) is 11.8. The molecule has 0 saturated heterocycles. The van der Waals surface area contributed by atoms with Gasteiger partial charge in [-0.05, 0) is 30.3 Å². The summed E-state index contributed by atoms with van der Waals surface area (Å²) in [5, 5.41) is 5.53. The second kappa shape index (κ2) is 3.79. The molecule has 0 aliphatic heterocycles. The molecular weight excluding hydrogens is 236 g/mol. The number of benzene rings is 2. The van der Waals surface area contributed by atoms with Crippen molar-refractivity contribution in [1.29, 1.82) is 0 Å². The Morgan fingerprint density at radius 3 is 2.76 bits per heavy atom. The van der Waals surface area contributed by atoms with Crippen LogP contribution < -0.4 is 5.73 Å². The van der Waals surface area contributed by atoms with E-state index in [2.05, 4.69) is 5.16 Å². The molecular formula is C13H9ClN2O. The highest BCUT2D eigenvalue weighted by molar-refractivity contribution is 6.31. The lowest BCUT2D eigenvalue weighted by molar-refractivity contribution is 0.441. The highest BCUT2D eigenvalue weighted by Crippen LogP contribution is 2.33. The summed E-state index contributed by atoms with van der Waals surface area (Å²) in [6.07, 6.45) is 0. The molecule has 3 aromatic rings. The standard InChI is InChI=1S/C13H9ClN2O/c14-8-5-6-10-12(7-8)16-17-13(10)9-3-1-2-4-11(9)15/h1-7H,15H2. The van der Waals surface area contributed by atoms with E-state index in [1.54, 1.807) is 6.07 Å². The van der Waals surface area contributed by atoms with Crippen LogP contribution in [0.4, 0.5) is 5.69 Å². The van der Waals surface area contributed by atoms with E-state index in [1.807, 2.05) is 36.4 Å². The van der Waals surface area contributed by atoms with Gasteiger partial charge in [0.05, 0.1) is 0 Å². The summed E-state index contributed by atoms with van der Waals surface area (Å²) in [5.74, 6) is 0.676.